The number of thiophene rings is 1. The summed E-state index contributed by atoms with van der Waals surface area (Å²) in [5.74, 6) is 0.810. The first-order valence-electron chi connectivity index (χ1n) is 5.28. The van der Waals surface area contributed by atoms with Crippen LogP contribution in [-0.4, -0.2) is 20.2 Å². The third-order valence-corrected chi connectivity index (χ3v) is 3.63. The van der Waals surface area contributed by atoms with Gasteiger partial charge in [0.05, 0.1) is 17.6 Å². The van der Waals surface area contributed by atoms with E-state index < -0.39 is 0 Å². The van der Waals surface area contributed by atoms with Crippen LogP contribution in [0.2, 0.25) is 0 Å². The molecule has 0 fully saturated rings. The molecular weight excluding hydrogens is 234 g/mol. The third-order valence-electron chi connectivity index (χ3n) is 2.57. The van der Waals surface area contributed by atoms with Crippen LogP contribution < -0.4 is 5.32 Å². The third kappa shape index (κ3) is 1.87. The Hall–Kier alpha value is -1.95. The van der Waals surface area contributed by atoms with Crippen molar-refractivity contribution >= 4 is 28.2 Å². The summed E-state index contributed by atoms with van der Waals surface area (Å²) >= 11 is 1.73. The van der Waals surface area contributed by atoms with Gasteiger partial charge in [0, 0.05) is 4.88 Å². The minimum absolute atomic E-state index is 0.225. The van der Waals surface area contributed by atoms with Gasteiger partial charge in [0.1, 0.15) is 12.1 Å². The van der Waals surface area contributed by atoms with E-state index in [1.54, 1.807) is 17.5 Å². The Kier molecular flexibility index (Phi) is 2.49. The molecule has 17 heavy (non-hydrogen) atoms. The van der Waals surface area contributed by atoms with Crippen LogP contribution >= 0.6 is 11.3 Å². The van der Waals surface area contributed by atoms with Crippen LogP contribution in [-0.2, 0) is 0 Å². The second-order valence-electron chi connectivity index (χ2n) is 3.74. The molecule has 0 aliphatic heterocycles. The average Bonchev–Trinajstić information content (AvgIpc) is 3.00. The van der Waals surface area contributed by atoms with Crippen LogP contribution in [0.3, 0.4) is 0 Å². The first-order chi connectivity index (χ1) is 8.34. The van der Waals surface area contributed by atoms with Gasteiger partial charge < -0.3 is 5.32 Å². The smallest absolute Gasteiger partial charge is 0.160 e. The molecule has 0 aromatic carbocycles. The Morgan fingerprint density at radius 3 is 3.18 bits per heavy atom. The Morgan fingerprint density at radius 2 is 2.35 bits per heavy atom. The van der Waals surface area contributed by atoms with E-state index in [0.29, 0.717) is 0 Å². The first kappa shape index (κ1) is 10.2. The molecule has 2 N–H and O–H groups in total. The number of rotatable bonds is 3. The van der Waals surface area contributed by atoms with Crippen molar-refractivity contribution in [3.8, 4) is 0 Å². The number of nitrogens with zero attached hydrogens (tertiary/aromatic N) is 3. The maximum absolute atomic E-state index is 4.25. The van der Waals surface area contributed by atoms with Crippen molar-refractivity contribution in [2.24, 2.45) is 0 Å². The van der Waals surface area contributed by atoms with Crippen molar-refractivity contribution in [3.05, 3.63) is 34.9 Å². The fraction of sp³-hybridized carbons (Fsp3) is 0.182. The molecule has 1 atom stereocenters. The van der Waals surface area contributed by atoms with Gasteiger partial charge in [-0.05, 0) is 18.4 Å². The number of anilines is 1. The largest absolute Gasteiger partial charge is 0.362 e. The number of H-pyrrole nitrogens is 1. The second-order valence-corrected chi connectivity index (χ2v) is 4.72. The van der Waals surface area contributed by atoms with Crippen LogP contribution in [0.4, 0.5) is 5.82 Å². The maximum Gasteiger partial charge on any atom is 0.160 e. The molecule has 3 aromatic heterocycles. The average molecular weight is 245 g/mol. The molecule has 0 spiro atoms. The van der Waals surface area contributed by atoms with Gasteiger partial charge in [0.25, 0.3) is 0 Å². The van der Waals surface area contributed by atoms with E-state index in [1.807, 2.05) is 6.07 Å². The van der Waals surface area contributed by atoms with Gasteiger partial charge in [-0.1, -0.05) is 6.07 Å². The molecule has 5 nitrogen and oxygen atoms in total. The summed E-state index contributed by atoms with van der Waals surface area (Å²) in [6.45, 7) is 2.11. The lowest BCUT2D eigenvalue weighted by molar-refractivity contribution is 0.897. The fourth-order valence-electron chi connectivity index (χ4n) is 1.69. The molecule has 3 heterocycles. The number of nitrogens with one attached hydrogen (secondary N) is 2. The van der Waals surface area contributed by atoms with Crippen molar-refractivity contribution in [2.45, 2.75) is 13.0 Å². The zero-order chi connectivity index (χ0) is 11.7. The van der Waals surface area contributed by atoms with Gasteiger partial charge >= 0.3 is 0 Å². The van der Waals surface area contributed by atoms with Crippen molar-refractivity contribution in [1.29, 1.82) is 0 Å². The van der Waals surface area contributed by atoms with E-state index in [-0.39, 0.29) is 6.04 Å². The summed E-state index contributed by atoms with van der Waals surface area (Å²) in [5, 5.41) is 13.2. The van der Waals surface area contributed by atoms with E-state index >= 15 is 0 Å². The highest BCUT2D eigenvalue weighted by atomic mass is 32.1. The number of aromatic nitrogens is 4. The van der Waals surface area contributed by atoms with Gasteiger partial charge in [-0.15, -0.1) is 11.3 Å². The van der Waals surface area contributed by atoms with Gasteiger partial charge in [0.15, 0.2) is 5.65 Å². The molecular formula is C11H11N5S. The van der Waals surface area contributed by atoms with Crippen molar-refractivity contribution in [3.63, 3.8) is 0 Å². The fourth-order valence-corrected chi connectivity index (χ4v) is 2.43. The summed E-state index contributed by atoms with van der Waals surface area (Å²) in [5.41, 5.74) is 0.751. The molecule has 0 aliphatic rings. The monoisotopic (exact) mass is 245 g/mol. The Balaban J connectivity index is 1.92. The molecule has 6 heteroatoms. The molecule has 3 aromatic rings. The number of hydrogen-bond donors (Lipinski definition) is 2. The van der Waals surface area contributed by atoms with Crippen molar-refractivity contribution < 1.29 is 0 Å². The quantitative estimate of drug-likeness (QED) is 0.744. The van der Waals surface area contributed by atoms with E-state index in [1.165, 1.54) is 11.2 Å². The Labute approximate surface area is 102 Å². The first-order valence-corrected chi connectivity index (χ1v) is 6.16. The highest BCUT2D eigenvalue weighted by molar-refractivity contribution is 7.10. The van der Waals surface area contributed by atoms with Crippen LogP contribution in [0.25, 0.3) is 11.0 Å². The van der Waals surface area contributed by atoms with Crippen molar-refractivity contribution in [2.75, 3.05) is 5.32 Å². The zero-order valence-corrected chi connectivity index (χ0v) is 10.0. The molecule has 0 bridgehead atoms. The van der Waals surface area contributed by atoms with E-state index in [9.17, 15) is 0 Å². The summed E-state index contributed by atoms with van der Waals surface area (Å²) < 4.78 is 0. The lowest BCUT2D eigenvalue weighted by Crippen LogP contribution is -2.06. The van der Waals surface area contributed by atoms with Crippen LogP contribution in [0.1, 0.15) is 17.8 Å². The minimum atomic E-state index is 0.225. The van der Waals surface area contributed by atoms with Gasteiger partial charge in [-0.2, -0.15) is 5.10 Å². The van der Waals surface area contributed by atoms with E-state index in [4.69, 9.17) is 0 Å². The Morgan fingerprint density at radius 1 is 1.41 bits per heavy atom. The number of hydrogen-bond acceptors (Lipinski definition) is 5. The topological polar surface area (TPSA) is 66.5 Å². The molecule has 0 unspecified atom stereocenters. The normalized spacial score (nSPS) is 12.8. The maximum atomic E-state index is 4.25. The van der Waals surface area contributed by atoms with Gasteiger partial charge in [0.2, 0.25) is 0 Å². The number of aromatic amines is 1. The van der Waals surface area contributed by atoms with E-state index in [2.05, 4.69) is 43.9 Å². The molecule has 0 aliphatic carbocycles. The van der Waals surface area contributed by atoms with Gasteiger partial charge in [-0.3, -0.25) is 5.10 Å². The predicted octanol–water partition coefficient (Wildman–Crippen LogP) is 2.59. The molecule has 3 rings (SSSR count). The number of fused-ring (bicyclic) bond motifs is 1. The summed E-state index contributed by atoms with van der Waals surface area (Å²) in [7, 11) is 0. The van der Waals surface area contributed by atoms with Gasteiger partial charge in [-0.25, -0.2) is 9.97 Å². The zero-order valence-electron chi connectivity index (χ0n) is 9.21. The minimum Gasteiger partial charge on any atom is -0.362 e. The summed E-state index contributed by atoms with van der Waals surface area (Å²) in [6.07, 6.45) is 3.27. The SMILES string of the molecule is C[C@@H](Nc1ncnc2[nH]ncc12)c1cccs1. The van der Waals surface area contributed by atoms with Crippen LogP contribution in [0.5, 0.6) is 0 Å². The van der Waals surface area contributed by atoms with Crippen LogP contribution in [0, 0.1) is 0 Å². The molecule has 0 saturated carbocycles. The lowest BCUT2D eigenvalue weighted by Gasteiger charge is -2.12. The standard InChI is InChI=1S/C11H11N5S/c1-7(9-3-2-4-17-9)15-10-8-5-14-16-11(8)13-6-12-10/h2-7H,1H3,(H2,12,13,14,15,16)/t7-/m1/s1. The second kappa shape index (κ2) is 4.14. The van der Waals surface area contributed by atoms with Crippen LogP contribution in [0.15, 0.2) is 30.0 Å². The Bertz CT molecular complexity index is 616. The molecule has 0 radical (unpaired) electrons. The molecule has 0 amide bonds. The molecule has 0 saturated heterocycles. The van der Waals surface area contributed by atoms with E-state index in [0.717, 1.165) is 16.9 Å². The van der Waals surface area contributed by atoms with Crippen molar-refractivity contribution in [1.82, 2.24) is 20.2 Å². The highest BCUT2D eigenvalue weighted by Crippen LogP contribution is 2.25. The summed E-state index contributed by atoms with van der Waals surface area (Å²) in [4.78, 5) is 9.63. The summed E-state index contributed by atoms with van der Waals surface area (Å²) in [6, 6.07) is 4.38. The molecule has 86 valence electrons. The predicted molar refractivity (Wildman–Crippen MR) is 68.0 cm³/mol. The highest BCUT2D eigenvalue weighted by Gasteiger charge is 2.10. The lowest BCUT2D eigenvalue weighted by atomic mass is 10.2.